The van der Waals surface area contributed by atoms with E-state index in [4.69, 9.17) is 4.99 Å². The van der Waals surface area contributed by atoms with Gasteiger partial charge in [-0.3, -0.25) is 4.99 Å². The summed E-state index contributed by atoms with van der Waals surface area (Å²) in [6, 6.07) is 18.5. The summed E-state index contributed by atoms with van der Waals surface area (Å²) in [5.41, 5.74) is 2.63. The van der Waals surface area contributed by atoms with Crippen molar-refractivity contribution < 1.29 is 9.90 Å². The highest BCUT2D eigenvalue weighted by Gasteiger charge is 2.37. The number of hydrogen-bond donors (Lipinski definition) is 3. The maximum absolute atomic E-state index is 11.6. The number of aliphatic imine (C=N–C) groups is 1. The molecule has 0 aliphatic carbocycles. The molecule has 0 fully saturated rings. The van der Waals surface area contributed by atoms with Gasteiger partial charge in [-0.1, -0.05) is 48.5 Å². The van der Waals surface area contributed by atoms with Crippen molar-refractivity contribution >= 4 is 33.8 Å². The summed E-state index contributed by atoms with van der Waals surface area (Å²) in [6.07, 6.45) is 2.35. The van der Waals surface area contributed by atoms with Crippen LogP contribution in [0.2, 0.25) is 0 Å². The lowest BCUT2D eigenvalue weighted by Crippen LogP contribution is -2.52. The van der Waals surface area contributed by atoms with Crippen LogP contribution < -0.4 is 5.32 Å². The van der Waals surface area contributed by atoms with E-state index >= 15 is 0 Å². The molecule has 1 aliphatic rings. The van der Waals surface area contributed by atoms with Crippen molar-refractivity contribution in [3.63, 3.8) is 0 Å². The van der Waals surface area contributed by atoms with Crippen molar-refractivity contribution in [2.45, 2.75) is 31.3 Å². The summed E-state index contributed by atoms with van der Waals surface area (Å²) in [5.74, 6) is 0.870. The molecule has 1 amide bonds. The smallest absolute Gasteiger partial charge is 0.405 e. The Labute approximate surface area is 168 Å². The monoisotopic (exact) mass is 393 g/mol. The number of H-pyrrole nitrogens is 1. The van der Waals surface area contributed by atoms with Gasteiger partial charge in [0, 0.05) is 29.3 Å². The summed E-state index contributed by atoms with van der Waals surface area (Å²) in [6.45, 7) is 1.93. The van der Waals surface area contributed by atoms with E-state index in [-0.39, 0.29) is 6.04 Å². The van der Waals surface area contributed by atoms with Gasteiger partial charge in [0.05, 0.1) is 16.6 Å². The predicted octanol–water partition coefficient (Wildman–Crippen LogP) is 4.49. The van der Waals surface area contributed by atoms with Crippen molar-refractivity contribution in [2.75, 3.05) is 5.75 Å². The molecule has 2 aromatic carbocycles. The minimum atomic E-state index is -1.03. The molecule has 1 aliphatic heterocycles. The van der Waals surface area contributed by atoms with Gasteiger partial charge in [0.1, 0.15) is 0 Å². The third kappa shape index (κ3) is 3.92. The van der Waals surface area contributed by atoms with Crippen LogP contribution in [0.3, 0.4) is 0 Å². The molecular weight excluding hydrogens is 370 g/mol. The highest BCUT2D eigenvalue weighted by molar-refractivity contribution is 8.14. The van der Waals surface area contributed by atoms with E-state index in [0.29, 0.717) is 6.42 Å². The molecule has 3 N–H and O–H groups in total. The molecule has 2 unspecified atom stereocenters. The topological polar surface area (TPSA) is 77.5 Å². The van der Waals surface area contributed by atoms with Gasteiger partial charge in [-0.05, 0) is 30.5 Å². The normalized spacial score (nSPS) is 18.6. The van der Waals surface area contributed by atoms with E-state index in [1.54, 1.807) is 11.8 Å². The number of rotatable bonds is 6. The highest BCUT2D eigenvalue weighted by Crippen LogP contribution is 2.32. The van der Waals surface area contributed by atoms with Crippen molar-refractivity contribution in [2.24, 2.45) is 4.99 Å². The molecule has 0 spiro atoms. The highest BCUT2D eigenvalue weighted by atomic mass is 32.2. The number of nitrogens with one attached hydrogen (secondary N) is 2. The maximum atomic E-state index is 11.6. The Kier molecular flexibility index (Phi) is 5.13. The average Bonchev–Trinajstić information content (AvgIpc) is 3.30. The van der Waals surface area contributed by atoms with E-state index in [9.17, 15) is 9.90 Å². The first kappa shape index (κ1) is 18.6. The van der Waals surface area contributed by atoms with Gasteiger partial charge in [0.25, 0.3) is 0 Å². The van der Waals surface area contributed by atoms with Gasteiger partial charge >= 0.3 is 6.09 Å². The summed E-state index contributed by atoms with van der Waals surface area (Å²) in [7, 11) is 0. The fraction of sp³-hybridized carbons (Fsp3) is 0.273. The van der Waals surface area contributed by atoms with Crippen LogP contribution in [0, 0.1) is 0 Å². The van der Waals surface area contributed by atoms with Crippen LogP contribution in [0.1, 0.15) is 18.1 Å². The number of carbonyl (C=O) groups is 1. The molecule has 5 nitrogen and oxygen atoms in total. The largest absolute Gasteiger partial charge is 0.465 e. The van der Waals surface area contributed by atoms with Crippen LogP contribution >= 0.6 is 11.8 Å². The molecule has 0 bridgehead atoms. The molecule has 0 saturated heterocycles. The molecule has 3 aromatic rings. The standard InChI is InChI=1S/C22H23N3O2S/c1-22(25-21(26)27,12-16-13-23-19-10-6-5-9-18(16)19)20-24-17(14-28-20)11-15-7-3-2-4-8-15/h2-10,13,17,23,25H,11-12,14H2,1H3,(H,26,27). The van der Waals surface area contributed by atoms with Crippen LogP contribution in [0.5, 0.6) is 0 Å². The second-order valence-electron chi connectivity index (χ2n) is 7.39. The molecule has 2 atom stereocenters. The van der Waals surface area contributed by atoms with E-state index in [1.165, 1.54) is 5.56 Å². The number of amides is 1. The average molecular weight is 394 g/mol. The first-order valence-electron chi connectivity index (χ1n) is 9.34. The van der Waals surface area contributed by atoms with Gasteiger partial charge < -0.3 is 15.4 Å². The molecule has 0 radical (unpaired) electrons. The summed E-state index contributed by atoms with van der Waals surface area (Å²) in [5, 5.41) is 14.2. The van der Waals surface area contributed by atoms with Crippen molar-refractivity contribution in [3.05, 3.63) is 71.9 Å². The summed E-state index contributed by atoms with van der Waals surface area (Å²) in [4.78, 5) is 19.7. The van der Waals surface area contributed by atoms with Crippen molar-refractivity contribution in [3.8, 4) is 0 Å². The van der Waals surface area contributed by atoms with Crippen LogP contribution in [0.25, 0.3) is 10.9 Å². The first-order valence-corrected chi connectivity index (χ1v) is 10.3. The SMILES string of the molecule is CC(Cc1c[nH]c2ccccc12)(NC(=O)O)C1=NC(Cc2ccccc2)CS1. The molecule has 6 heteroatoms. The number of para-hydroxylation sites is 1. The van der Waals surface area contributed by atoms with Gasteiger partial charge in [-0.15, -0.1) is 11.8 Å². The molecule has 28 heavy (non-hydrogen) atoms. The Balaban J connectivity index is 1.60. The van der Waals surface area contributed by atoms with Gasteiger partial charge in [-0.2, -0.15) is 0 Å². The Morgan fingerprint density at radius 1 is 1.25 bits per heavy atom. The zero-order valence-electron chi connectivity index (χ0n) is 15.7. The molecule has 2 heterocycles. The van der Waals surface area contributed by atoms with Gasteiger partial charge in [0.2, 0.25) is 0 Å². The Hall–Kier alpha value is -2.73. The number of aromatic nitrogens is 1. The van der Waals surface area contributed by atoms with Crippen LogP contribution in [-0.2, 0) is 12.8 Å². The molecule has 144 valence electrons. The number of thioether (sulfide) groups is 1. The quantitative estimate of drug-likeness (QED) is 0.577. The van der Waals surface area contributed by atoms with E-state index < -0.39 is 11.6 Å². The lowest BCUT2D eigenvalue weighted by atomic mass is 9.93. The number of benzene rings is 2. The van der Waals surface area contributed by atoms with Crippen LogP contribution in [0.15, 0.2) is 65.8 Å². The molecule has 4 rings (SSSR count). The minimum absolute atomic E-state index is 0.167. The number of carboxylic acid groups (broad SMARTS) is 1. The van der Waals surface area contributed by atoms with Gasteiger partial charge in [-0.25, -0.2) is 4.79 Å². The summed E-state index contributed by atoms with van der Waals surface area (Å²) < 4.78 is 0. The molecular formula is C22H23N3O2S. The lowest BCUT2D eigenvalue weighted by molar-refractivity contribution is 0.187. The number of aromatic amines is 1. The number of nitrogens with zero attached hydrogens (tertiary/aromatic N) is 1. The zero-order valence-corrected chi connectivity index (χ0v) is 16.5. The van der Waals surface area contributed by atoms with E-state index in [2.05, 4.69) is 28.5 Å². The second kappa shape index (κ2) is 7.72. The Morgan fingerprint density at radius 3 is 2.79 bits per heavy atom. The Morgan fingerprint density at radius 2 is 2.00 bits per heavy atom. The predicted molar refractivity (Wildman–Crippen MR) is 115 cm³/mol. The third-order valence-electron chi connectivity index (χ3n) is 5.10. The fourth-order valence-electron chi connectivity index (χ4n) is 3.78. The third-order valence-corrected chi connectivity index (χ3v) is 6.48. The fourth-order valence-corrected chi connectivity index (χ4v) is 4.98. The van der Waals surface area contributed by atoms with E-state index in [1.807, 2.05) is 49.5 Å². The van der Waals surface area contributed by atoms with Crippen molar-refractivity contribution in [1.82, 2.24) is 10.3 Å². The van der Waals surface area contributed by atoms with E-state index in [0.717, 1.165) is 33.7 Å². The molecule has 0 saturated carbocycles. The second-order valence-corrected chi connectivity index (χ2v) is 8.40. The van der Waals surface area contributed by atoms with Gasteiger partial charge in [0.15, 0.2) is 0 Å². The maximum Gasteiger partial charge on any atom is 0.405 e. The van der Waals surface area contributed by atoms with Crippen LogP contribution in [-0.4, -0.2) is 38.6 Å². The minimum Gasteiger partial charge on any atom is -0.465 e. The van der Waals surface area contributed by atoms with Crippen molar-refractivity contribution in [1.29, 1.82) is 0 Å². The zero-order chi connectivity index (χ0) is 19.6. The van der Waals surface area contributed by atoms with Crippen LogP contribution in [0.4, 0.5) is 4.79 Å². The Bertz CT molecular complexity index is 1010. The number of fused-ring (bicyclic) bond motifs is 1. The summed E-state index contributed by atoms with van der Waals surface area (Å²) >= 11 is 1.66. The first-order chi connectivity index (χ1) is 13.5. The lowest BCUT2D eigenvalue weighted by Gasteiger charge is -2.29. The molecule has 1 aromatic heterocycles. The number of hydrogen-bond acceptors (Lipinski definition) is 3.